The standard InChI is InChI=1S/C50H89N15O15/c1-24(2)21-33(44(74)60-32(49(79)80)16-17-36(52)67)62-42(72)31(15-12-20-56-50(53)54)59-47(77)38(26(5)6)64-43(73)30(13-9-10-18-51)58-40(70)27(7)57-48(78)39(28(8)66)65-46(76)35(23-37(68)69)63-45(75)34(22-25(3)4)61-41(71)29-14-11-19-55-29/h24-35,38-39,55,66H,9-23,51H2,1-8H3,(H2,52,67)(H,57,78)(H,58,70)(H,59,77)(H,60,74)(H,61,71)(H,62,72)(H,63,75)(H,64,73)(H,65,76)(H,68,69)(H,79,80)(H4,53,54,56)/t27-,28+,29-,30-,31-,32-,33-,34-,35-,38-,39-/m0/s1. The third-order valence-electron chi connectivity index (χ3n) is 12.6. The predicted octanol–water partition coefficient (Wildman–Crippen LogP) is -4.53. The van der Waals surface area contributed by atoms with Gasteiger partial charge in [-0.15, -0.1) is 0 Å². The van der Waals surface area contributed by atoms with Gasteiger partial charge in [0.05, 0.1) is 18.6 Å². The van der Waals surface area contributed by atoms with Gasteiger partial charge in [0, 0.05) is 13.0 Å². The molecule has 0 bridgehead atoms. The Morgan fingerprint density at radius 3 is 1.52 bits per heavy atom. The highest BCUT2D eigenvalue weighted by atomic mass is 16.4. The Morgan fingerprint density at radius 1 is 0.562 bits per heavy atom. The SMILES string of the molecule is CC(C)C[C@H](NC(=O)[C@H](CCCNC(=N)N)NC(=O)[C@@H](NC(=O)[C@H](CCCCN)NC(=O)[C@H](C)NC(=O)[C@@H](NC(=O)[C@H](CC(=O)O)NC(=O)[C@H](CC(C)C)NC(=O)[C@@H]1CCCN1)[C@@H](C)O)C(C)C)C(=O)N[C@@H](CCC(N)=O)C(=O)O. The van der Waals surface area contributed by atoms with Gasteiger partial charge in [-0.2, -0.15) is 0 Å². The molecule has 1 rings (SSSR count). The molecule has 80 heavy (non-hydrogen) atoms. The van der Waals surface area contributed by atoms with Crippen LogP contribution in [0.15, 0.2) is 0 Å². The molecular weight excluding hydrogens is 1050 g/mol. The Bertz CT molecular complexity index is 2140. The highest BCUT2D eigenvalue weighted by Crippen LogP contribution is 2.13. The van der Waals surface area contributed by atoms with E-state index in [0.29, 0.717) is 25.8 Å². The van der Waals surface area contributed by atoms with Crippen LogP contribution in [0.25, 0.3) is 0 Å². The number of carbonyl (C=O) groups is 12. The van der Waals surface area contributed by atoms with E-state index in [4.69, 9.17) is 22.6 Å². The fourth-order valence-corrected chi connectivity index (χ4v) is 8.27. The molecule has 0 aliphatic carbocycles. The van der Waals surface area contributed by atoms with Gasteiger partial charge in [0.15, 0.2) is 5.96 Å². The lowest BCUT2D eigenvalue weighted by Crippen LogP contribution is -2.62. The van der Waals surface area contributed by atoms with Crippen molar-refractivity contribution in [3.63, 3.8) is 0 Å². The van der Waals surface area contributed by atoms with Gasteiger partial charge in [0.1, 0.15) is 54.4 Å². The molecule has 0 radical (unpaired) electrons. The molecule has 30 heteroatoms. The first-order chi connectivity index (χ1) is 37.4. The maximum absolute atomic E-state index is 14.1. The molecule has 454 valence electrons. The molecule has 11 atom stereocenters. The Balaban J connectivity index is 3.36. The second-order valence-corrected chi connectivity index (χ2v) is 21.2. The van der Waals surface area contributed by atoms with Crippen molar-refractivity contribution in [2.45, 2.75) is 199 Å². The van der Waals surface area contributed by atoms with Gasteiger partial charge in [-0.05, 0) is 109 Å². The molecule has 1 aliphatic heterocycles. The van der Waals surface area contributed by atoms with Crippen molar-refractivity contribution < 1.29 is 72.9 Å². The molecule has 0 saturated carbocycles. The summed E-state index contributed by atoms with van der Waals surface area (Å²) < 4.78 is 0. The van der Waals surface area contributed by atoms with Crippen LogP contribution in [0.1, 0.15) is 132 Å². The van der Waals surface area contributed by atoms with E-state index in [9.17, 15) is 72.9 Å². The Morgan fingerprint density at radius 2 is 1.04 bits per heavy atom. The normalized spacial score (nSPS) is 16.8. The molecule has 0 aromatic heterocycles. The number of amides is 10. The summed E-state index contributed by atoms with van der Waals surface area (Å²) in [5.41, 5.74) is 16.3. The molecule has 1 saturated heterocycles. The quantitative estimate of drug-likeness (QED) is 0.0157. The lowest BCUT2D eigenvalue weighted by molar-refractivity contribution is -0.143. The van der Waals surface area contributed by atoms with Crippen molar-refractivity contribution in [3.8, 4) is 0 Å². The van der Waals surface area contributed by atoms with Crippen LogP contribution >= 0.6 is 0 Å². The second-order valence-electron chi connectivity index (χ2n) is 21.2. The zero-order chi connectivity index (χ0) is 61.0. The van der Waals surface area contributed by atoms with Crippen molar-refractivity contribution in [1.82, 2.24) is 58.5 Å². The number of aliphatic hydroxyl groups excluding tert-OH is 1. The van der Waals surface area contributed by atoms with E-state index in [0.717, 1.165) is 13.3 Å². The minimum atomic E-state index is -1.82. The summed E-state index contributed by atoms with van der Waals surface area (Å²) in [7, 11) is 0. The highest BCUT2D eigenvalue weighted by Gasteiger charge is 2.37. The predicted molar refractivity (Wildman–Crippen MR) is 290 cm³/mol. The molecule has 1 aliphatic rings. The minimum Gasteiger partial charge on any atom is -0.481 e. The second kappa shape index (κ2) is 36.1. The van der Waals surface area contributed by atoms with Gasteiger partial charge in [0.2, 0.25) is 59.1 Å². The highest BCUT2D eigenvalue weighted by molar-refractivity contribution is 5.99. The molecule has 0 unspecified atom stereocenters. The molecule has 1 fully saturated rings. The molecule has 30 nitrogen and oxygen atoms in total. The van der Waals surface area contributed by atoms with Gasteiger partial charge < -0.3 is 91.0 Å². The van der Waals surface area contributed by atoms with Crippen molar-refractivity contribution in [2.24, 2.45) is 35.0 Å². The van der Waals surface area contributed by atoms with Crippen LogP contribution in [0.4, 0.5) is 0 Å². The average Bonchev–Trinajstić information content (AvgIpc) is 3.90. The van der Waals surface area contributed by atoms with Gasteiger partial charge in [-0.25, -0.2) is 4.79 Å². The minimum absolute atomic E-state index is 0.0197. The summed E-state index contributed by atoms with van der Waals surface area (Å²) >= 11 is 0. The number of rotatable bonds is 38. The van der Waals surface area contributed by atoms with Crippen molar-refractivity contribution in [3.05, 3.63) is 0 Å². The number of nitrogens with one attached hydrogen (secondary N) is 12. The molecule has 21 N–H and O–H groups in total. The van der Waals surface area contributed by atoms with Gasteiger partial charge >= 0.3 is 11.9 Å². The van der Waals surface area contributed by atoms with E-state index >= 15 is 0 Å². The Kier molecular flexibility index (Phi) is 32.0. The van der Waals surface area contributed by atoms with E-state index in [1.165, 1.54) is 6.92 Å². The smallest absolute Gasteiger partial charge is 0.326 e. The number of hydrogen-bond acceptors (Lipinski definition) is 16. The van der Waals surface area contributed by atoms with E-state index in [1.807, 2.05) is 0 Å². The topological polar surface area (TPSA) is 500 Å². The number of aliphatic hydroxyl groups is 1. The largest absolute Gasteiger partial charge is 0.481 e. The Labute approximate surface area is 466 Å². The lowest BCUT2D eigenvalue weighted by atomic mass is 9.99. The number of hydrogen-bond donors (Lipinski definition) is 18. The first-order valence-corrected chi connectivity index (χ1v) is 27.0. The monoisotopic (exact) mass is 1140 g/mol. The van der Waals surface area contributed by atoms with E-state index in [1.54, 1.807) is 41.5 Å². The molecule has 1 heterocycles. The van der Waals surface area contributed by atoms with Crippen LogP contribution in [0.3, 0.4) is 0 Å². The number of carboxylic acids is 2. The number of carboxylic acid groups (broad SMARTS) is 2. The lowest BCUT2D eigenvalue weighted by Gasteiger charge is -2.29. The fourth-order valence-electron chi connectivity index (χ4n) is 8.27. The zero-order valence-electron chi connectivity index (χ0n) is 47.2. The van der Waals surface area contributed by atoms with Gasteiger partial charge in [0.25, 0.3) is 0 Å². The number of nitrogens with two attached hydrogens (primary N) is 3. The van der Waals surface area contributed by atoms with E-state index < -0.39 is 150 Å². The van der Waals surface area contributed by atoms with Crippen molar-refractivity contribution in [1.29, 1.82) is 5.41 Å². The van der Waals surface area contributed by atoms with Crippen LogP contribution in [0.2, 0.25) is 0 Å². The number of aliphatic carboxylic acids is 2. The summed E-state index contributed by atoms with van der Waals surface area (Å²) in [5, 5.41) is 65.4. The zero-order valence-corrected chi connectivity index (χ0v) is 47.2. The Hall–Kier alpha value is -7.21. The maximum atomic E-state index is 14.1. The van der Waals surface area contributed by atoms with Gasteiger partial charge in [-0.3, -0.25) is 58.1 Å². The van der Waals surface area contributed by atoms with Crippen molar-refractivity contribution in [2.75, 3.05) is 19.6 Å². The number of carbonyl (C=O) groups excluding carboxylic acids is 10. The number of unbranched alkanes of at least 4 members (excludes halogenated alkanes) is 1. The van der Waals surface area contributed by atoms with Crippen LogP contribution in [0, 0.1) is 23.2 Å². The maximum Gasteiger partial charge on any atom is 0.326 e. The van der Waals surface area contributed by atoms with Crippen LogP contribution in [-0.4, -0.2) is 178 Å². The van der Waals surface area contributed by atoms with Gasteiger partial charge in [-0.1, -0.05) is 41.5 Å². The van der Waals surface area contributed by atoms with Crippen LogP contribution in [-0.2, 0) is 57.5 Å². The number of primary amides is 1. The summed E-state index contributed by atoms with van der Waals surface area (Å²) in [5.74, 6) is -13.2. The molecule has 0 aromatic carbocycles. The molecule has 0 aromatic rings. The van der Waals surface area contributed by atoms with Crippen LogP contribution < -0.4 is 75.7 Å². The molecular formula is C50H89N15O15. The summed E-state index contributed by atoms with van der Waals surface area (Å²) in [6.07, 6.45) is -1.15. The summed E-state index contributed by atoms with van der Waals surface area (Å²) in [4.78, 5) is 158. The van der Waals surface area contributed by atoms with Crippen molar-refractivity contribution >= 4 is 77.0 Å². The van der Waals surface area contributed by atoms with E-state index in [2.05, 4.69) is 58.5 Å². The third-order valence-corrected chi connectivity index (χ3v) is 12.6. The fraction of sp³-hybridized carbons (Fsp3) is 0.740. The molecule has 0 spiro atoms. The first-order valence-electron chi connectivity index (χ1n) is 27.0. The van der Waals surface area contributed by atoms with Crippen LogP contribution in [0.5, 0.6) is 0 Å². The molecule has 10 amide bonds. The summed E-state index contributed by atoms with van der Waals surface area (Å²) in [6.45, 7) is 13.5. The first kappa shape index (κ1) is 70.8. The third kappa shape index (κ3) is 27.1. The van der Waals surface area contributed by atoms with E-state index in [-0.39, 0.29) is 75.8 Å². The number of guanidine groups is 1. The average molecular weight is 1140 g/mol. The summed E-state index contributed by atoms with van der Waals surface area (Å²) in [6, 6.07) is -13.7.